The minimum absolute atomic E-state index is 0.0158. The number of phenolic OH excluding ortho intramolecular Hbond substituents is 1. The zero-order valence-electron chi connectivity index (χ0n) is 7.83. The molecule has 0 unspecified atom stereocenters. The Hall–Kier alpha value is -1.17. The lowest BCUT2D eigenvalue weighted by Crippen LogP contribution is -2.04. The van der Waals surface area contributed by atoms with Gasteiger partial charge in [-0.15, -0.1) is 0 Å². The Balaban J connectivity index is 2.41. The maximum Gasteiger partial charge on any atom is 0.231 e. The molecule has 1 aromatic carbocycles. The second-order valence-corrected chi connectivity index (χ2v) is 3.45. The standard InChI is InChI=1S/C9H10ClNO4/c10-6-3-7-9(14-4-13-7)5(8(6)12)1-2-15-11/h3,12H,1-2,4,11H2. The van der Waals surface area contributed by atoms with Crippen LogP contribution in [0.15, 0.2) is 6.07 Å². The molecule has 6 heteroatoms. The van der Waals surface area contributed by atoms with Gasteiger partial charge in [0, 0.05) is 18.1 Å². The van der Waals surface area contributed by atoms with Gasteiger partial charge in [0.1, 0.15) is 5.75 Å². The molecule has 0 aromatic heterocycles. The number of nitrogens with two attached hydrogens (primary N) is 1. The zero-order valence-corrected chi connectivity index (χ0v) is 8.58. The first-order chi connectivity index (χ1) is 7.24. The SMILES string of the molecule is NOCCc1c(O)c(Cl)cc2c1OCO2. The summed E-state index contributed by atoms with van der Waals surface area (Å²) in [5.74, 6) is 5.95. The van der Waals surface area contributed by atoms with Crippen molar-refractivity contribution in [3.05, 3.63) is 16.7 Å². The molecule has 3 N–H and O–H groups in total. The number of halogens is 1. The van der Waals surface area contributed by atoms with E-state index in [4.69, 9.17) is 27.0 Å². The number of fused-ring (bicyclic) bond motifs is 1. The highest BCUT2D eigenvalue weighted by molar-refractivity contribution is 6.32. The first-order valence-electron chi connectivity index (χ1n) is 4.35. The maximum atomic E-state index is 9.72. The number of rotatable bonds is 3. The van der Waals surface area contributed by atoms with E-state index in [0.717, 1.165) is 0 Å². The molecule has 82 valence electrons. The van der Waals surface area contributed by atoms with E-state index in [1.807, 2.05) is 0 Å². The largest absolute Gasteiger partial charge is 0.506 e. The highest BCUT2D eigenvalue weighted by atomic mass is 35.5. The topological polar surface area (TPSA) is 73.9 Å². The van der Waals surface area contributed by atoms with Crippen LogP contribution in [0, 0.1) is 0 Å². The Labute approximate surface area is 91.3 Å². The van der Waals surface area contributed by atoms with Gasteiger partial charge in [-0.05, 0) is 0 Å². The Morgan fingerprint density at radius 2 is 2.33 bits per heavy atom. The number of hydrogen-bond acceptors (Lipinski definition) is 5. The number of aromatic hydroxyl groups is 1. The fourth-order valence-electron chi connectivity index (χ4n) is 1.46. The van der Waals surface area contributed by atoms with Gasteiger partial charge in [0.15, 0.2) is 11.5 Å². The fraction of sp³-hybridized carbons (Fsp3) is 0.333. The highest BCUT2D eigenvalue weighted by Crippen LogP contribution is 2.44. The summed E-state index contributed by atoms with van der Waals surface area (Å²) in [6.45, 7) is 0.398. The van der Waals surface area contributed by atoms with Crippen molar-refractivity contribution in [3.63, 3.8) is 0 Å². The smallest absolute Gasteiger partial charge is 0.231 e. The van der Waals surface area contributed by atoms with Crippen LogP contribution in [0.1, 0.15) is 5.56 Å². The molecule has 0 saturated carbocycles. The number of benzene rings is 1. The first-order valence-corrected chi connectivity index (χ1v) is 4.73. The van der Waals surface area contributed by atoms with E-state index in [2.05, 4.69) is 4.84 Å². The lowest BCUT2D eigenvalue weighted by Gasteiger charge is -2.08. The van der Waals surface area contributed by atoms with E-state index in [1.165, 1.54) is 6.07 Å². The van der Waals surface area contributed by atoms with Crippen molar-refractivity contribution in [1.82, 2.24) is 0 Å². The van der Waals surface area contributed by atoms with Gasteiger partial charge < -0.3 is 19.4 Å². The van der Waals surface area contributed by atoms with Crippen LogP contribution in [0.25, 0.3) is 0 Å². The second-order valence-electron chi connectivity index (χ2n) is 3.04. The fourth-order valence-corrected chi connectivity index (χ4v) is 1.67. The molecule has 0 amide bonds. The summed E-state index contributed by atoms with van der Waals surface area (Å²) in [7, 11) is 0. The van der Waals surface area contributed by atoms with Crippen LogP contribution in [0.2, 0.25) is 5.02 Å². The molecular weight excluding hydrogens is 222 g/mol. The molecule has 0 bridgehead atoms. The summed E-state index contributed by atoms with van der Waals surface area (Å²) < 4.78 is 10.4. The molecule has 0 saturated heterocycles. The molecule has 2 rings (SSSR count). The van der Waals surface area contributed by atoms with Gasteiger partial charge >= 0.3 is 0 Å². The number of ether oxygens (including phenoxy) is 2. The van der Waals surface area contributed by atoms with Crippen LogP contribution in [0.5, 0.6) is 17.2 Å². The molecule has 1 aromatic rings. The van der Waals surface area contributed by atoms with E-state index in [0.29, 0.717) is 23.5 Å². The van der Waals surface area contributed by atoms with Gasteiger partial charge in [0.2, 0.25) is 6.79 Å². The van der Waals surface area contributed by atoms with Crippen molar-refractivity contribution in [2.45, 2.75) is 6.42 Å². The number of phenols is 1. The molecule has 1 heterocycles. The summed E-state index contributed by atoms with van der Waals surface area (Å²) in [5.41, 5.74) is 0.556. The minimum atomic E-state index is -0.0158. The molecule has 0 spiro atoms. The molecule has 0 atom stereocenters. The second kappa shape index (κ2) is 4.14. The minimum Gasteiger partial charge on any atom is -0.506 e. The Bertz CT molecular complexity index is 383. The lowest BCUT2D eigenvalue weighted by atomic mass is 10.1. The third-order valence-electron chi connectivity index (χ3n) is 2.16. The summed E-state index contributed by atoms with van der Waals surface area (Å²) in [6.07, 6.45) is 0.411. The van der Waals surface area contributed by atoms with Gasteiger partial charge in [-0.1, -0.05) is 11.6 Å². The van der Waals surface area contributed by atoms with Crippen molar-refractivity contribution in [3.8, 4) is 17.2 Å². The maximum absolute atomic E-state index is 9.72. The summed E-state index contributed by atoms with van der Waals surface area (Å²) in [6, 6.07) is 1.52. The Morgan fingerprint density at radius 3 is 3.07 bits per heavy atom. The highest BCUT2D eigenvalue weighted by Gasteiger charge is 2.23. The van der Waals surface area contributed by atoms with E-state index in [1.54, 1.807) is 0 Å². The molecule has 0 aliphatic carbocycles. The van der Waals surface area contributed by atoms with Crippen molar-refractivity contribution < 1.29 is 19.4 Å². The zero-order chi connectivity index (χ0) is 10.8. The average Bonchev–Trinajstić information content (AvgIpc) is 2.66. The van der Waals surface area contributed by atoms with Gasteiger partial charge in [-0.3, -0.25) is 0 Å². The van der Waals surface area contributed by atoms with E-state index < -0.39 is 0 Å². The van der Waals surface area contributed by atoms with Gasteiger partial charge in [-0.25, -0.2) is 5.90 Å². The molecule has 1 aliphatic rings. The third-order valence-corrected chi connectivity index (χ3v) is 2.44. The molecule has 0 radical (unpaired) electrons. The number of hydrogen-bond donors (Lipinski definition) is 2. The normalized spacial score (nSPS) is 13.2. The van der Waals surface area contributed by atoms with Crippen LogP contribution in [0.4, 0.5) is 0 Å². The van der Waals surface area contributed by atoms with E-state index >= 15 is 0 Å². The predicted molar refractivity (Wildman–Crippen MR) is 53.1 cm³/mol. The van der Waals surface area contributed by atoms with Crippen LogP contribution >= 0.6 is 11.6 Å². The summed E-state index contributed by atoms with van der Waals surface area (Å²) in [4.78, 5) is 4.45. The van der Waals surface area contributed by atoms with Gasteiger partial charge in [0.25, 0.3) is 0 Å². The molecular formula is C9H10ClNO4. The monoisotopic (exact) mass is 231 g/mol. The van der Waals surface area contributed by atoms with Crippen molar-refractivity contribution in [2.75, 3.05) is 13.4 Å². The molecule has 0 fully saturated rings. The summed E-state index contributed by atoms with van der Waals surface area (Å²) >= 11 is 5.82. The van der Waals surface area contributed by atoms with E-state index in [-0.39, 0.29) is 24.2 Å². The van der Waals surface area contributed by atoms with Crippen molar-refractivity contribution in [2.24, 2.45) is 5.90 Å². The van der Waals surface area contributed by atoms with Crippen molar-refractivity contribution in [1.29, 1.82) is 0 Å². The van der Waals surface area contributed by atoms with Crippen molar-refractivity contribution >= 4 is 11.6 Å². The molecule has 1 aliphatic heterocycles. The van der Waals surface area contributed by atoms with Gasteiger partial charge in [-0.2, -0.15) is 0 Å². The first kappa shape index (κ1) is 10.4. The Kier molecular flexibility index (Phi) is 2.86. The van der Waals surface area contributed by atoms with Crippen LogP contribution in [-0.4, -0.2) is 18.5 Å². The Morgan fingerprint density at radius 1 is 1.53 bits per heavy atom. The molecule has 15 heavy (non-hydrogen) atoms. The van der Waals surface area contributed by atoms with E-state index in [9.17, 15) is 5.11 Å². The average molecular weight is 232 g/mol. The van der Waals surface area contributed by atoms with Crippen LogP contribution in [-0.2, 0) is 11.3 Å². The van der Waals surface area contributed by atoms with Crippen LogP contribution in [0.3, 0.4) is 0 Å². The third kappa shape index (κ3) is 1.81. The predicted octanol–water partition coefficient (Wildman–Crippen LogP) is 1.21. The van der Waals surface area contributed by atoms with Crippen LogP contribution < -0.4 is 15.4 Å². The molecule has 5 nitrogen and oxygen atoms in total. The quantitative estimate of drug-likeness (QED) is 0.765. The lowest BCUT2D eigenvalue weighted by molar-refractivity contribution is 0.139. The van der Waals surface area contributed by atoms with Gasteiger partial charge in [0.05, 0.1) is 11.6 Å². The summed E-state index contributed by atoms with van der Waals surface area (Å²) in [5, 5.41) is 9.95.